The van der Waals surface area contributed by atoms with Crippen LogP contribution in [0.4, 0.5) is 21.6 Å². The lowest BCUT2D eigenvalue weighted by molar-refractivity contribution is 0.138. The van der Waals surface area contributed by atoms with Gasteiger partial charge in [-0.25, -0.2) is 9.97 Å². The Morgan fingerprint density at radius 3 is 2.79 bits per heavy atom. The predicted octanol–water partition coefficient (Wildman–Crippen LogP) is 3.95. The van der Waals surface area contributed by atoms with Crippen molar-refractivity contribution in [3.05, 3.63) is 42.1 Å². The zero-order valence-corrected chi connectivity index (χ0v) is 17.4. The summed E-state index contributed by atoms with van der Waals surface area (Å²) in [5, 5.41) is 4.02. The highest BCUT2D eigenvalue weighted by Gasteiger charge is 2.20. The van der Waals surface area contributed by atoms with Gasteiger partial charge in [0.05, 0.1) is 18.7 Å². The Bertz CT molecular complexity index is 982. The molecule has 1 aliphatic rings. The lowest BCUT2D eigenvalue weighted by Gasteiger charge is -2.16. The van der Waals surface area contributed by atoms with E-state index in [4.69, 9.17) is 15.2 Å². The molecule has 3 N–H and O–H groups in total. The van der Waals surface area contributed by atoms with Crippen LogP contribution in [-0.2, 0) is 4.74 Å². The third kappa shape index (κ3) is 5.24. The number of fused-ring (bicyclic) bond motifs is 1. The second-order valence-electron chi connectivity index (χ2n) is 6.58. The van der Waals surface area contributed by atoms with E-state index < -0.39 is 5.95 Å². The molecule has 1 aromatic carbocycles. The van der Waals surface area contributed by atoms with Gasteiger partial charge in [-0.15, -0.1) is 0 Å². The van der Waals surface area contributed by atoms with Gasteiger partial charge in [-0.3, -0.25) is 0 Å². The number of nitrogen functional groups attached to an aromatic ring is 1. The molecule has 1 unspecified atom stereocenters. The van der Waals surface area contributed by atoms with E-state index in [1.165, 1.54) is 12.4 Å². The van der Waals surface area contributed by atoms with Gasteiger partial charge in [-0.1, -0.05) is 0 Å². The average molecular weight is 418 g/mol. The molecule has 9 heteroatoms. The molecular weight excluding hydrogens is 393 g/mol. The number of hydrogen-bond donors (Lipinski definition) is 2. The summed E-state index contributed by atoms with van der Waals surface area (Å²) in [6, 6.07) is 6.49. The first-order valence-electron chi connectivity index (χ1n) is 9.10. The molecule has 0 bridgehead atoms. The maximum Gasteiger partial charge on any atom is 0.240 e. The number of nitrogens with one attached hydrogen (secondary N) is 1. The summed E-state index contributed by atoms with van der Waals surface area (Å²) < 4.78 is 24.8. The van der Waals surface area contributed by atoms with Gasteiger partial charge >= 0.3 is 0 Å². The molecule has 0 radical (unpaired) electrons. The highest BCUT2D eigenvalue weighted by molar-refractivity contribution is 7.97. The number of thioether (sulfide) groups is 1. The van der Waals surface area contributed by atoms with Crippen LogP contribution >= 0.6 is 11.8 Å². The Kier molecular flexibility index (Phi) is 7.05. The Morgan fingerprint density at radius 2 is 2.07 bits per heavy atom. The molecule has 0 amide bonds. The van der Waals surface area contributed by atoms with Crippen molar-refractivity contribution in [3.63, 3.8) is 0 Å². The van der Waals surface area contributed by atoms with E-state index in [0.29, 0.717) is 30.4 Å². The molecule has 0 spiro atoms. The Balaban J connectivity index is 0.000000755. The van der Waals surface area contributed by atoms with Crippen LogP contribution in [0.15, 0.2) is 30.6 Å². The van der Waals surface area contributed by atoms with E-state index in [1.54, 1.807) is 23.9 Å². The number of pyridine rings is 1. The second kappa shape index (κ2) is 9.71. The fourth-order valence-corrected chi connectivity index (χ4v) is 3.01. The second-order valence-corrected chi connectivity index (χ2v) is 7.39. The zero-order valence-electron chi connectivity index (χ0n) is 16.6. The lowest BCUT2D eigenvalue weighted by atomic mass is 10.1. The minimum absolute atomic E-state index is 0.145. The smallest absolute Gasteiger partial charge is 0.240 e. The standard InChI is InChI=1S/C18H18FN5O2.C2H6S/c1-10-6-11(20)7-14-16(10)17(22-9-21-14)23-13-2-3-15(19)24-18(13)26-12-4-5-25-8-12;1-3-2/h2-3,6-7,9,12H,4-5,8,20H2,1H3,(H,21,22,23);1-2H3. The van der Waals surface area contributed by atoms with Crippen molar-refractivity contribution in [1.29, 1.82) is 0 Å². The molecule has 4 rings (SSSR count). The molecule has 3 heterocycles. The van der Waals surface area contributed by atoms with Gasteiger partial charge in [-0.05, 0) is 49.3 Å². The molecule has 29 heavy (non-hydrogen) atoms. The lowest BCUT2D eigenvalue weighted by Crippen LogP contribution is -2.17. The summed E-state index contributed by atoms with van der Waals surface area (Å²) in [7, 11) is 0. The van der Waals surface area contributed by atoms with E-state index in [1.807, 2.05) is 25.5 Å². The van der Waals surface area contributed by atoms with Crippen molar-refractivity contribution in [3.8, 4) is 5.88 Å². The van der Waals surface area contributed by atoms with Gasteiger partial charge in [-0.2, -0.15) is 21.1 Å². The summed E-state index contributed by atoms with van der Waals surface area (Å²) in [5.74, 6) is 0.148. The quantitative estimate of drug-likeness (QED) is 0.487. The normalized spacial score (nSPS) is 15.7. The van der Waals surface area contributed by atoms with Gasteiger partial charge in [0.25, 0.3) is 0 Å². The number of ether oxygens (including phenoxy) is 2. The number of aromatic nitrogens is 3. The first kappa shape index (κ1) is 21.1. The van der Waals surface area contributed by atoms with Crippen LogP contribution in [0.3, 0.4) is 0 Å². The van der Waals surface area contributed by atoms with Crippen molar-refractivity contribution in [1.82, 2.24) is 15.0 Å². The van der Waals surface area contributed by atoms with Gasteiger partial charge in [0.2, 0.25) is 11.8 Å². The van der Waals surface area contributed by atoms with E-state index in [-0.39, 0.29) is 12.0 Å². The summed E-state index contributed by atoms with van der Waals surface area (Å²) in [6.07, 6.45) is 6.13. The van der Waals surface area contributed by atoms with Gasteiger partial charge < -0.3 is 20.5 Å². The van der Waals surface area contributed by atoms with Gasteiger partial charge in [0.15, 0.2) is 0 Å². The fourth-order valence-electron chi connectivity index (χ4n) is 3.01. The highest BCUT2D eigenvalue weighted by Crippen LogP contribution is 2.32. The molecule has 1 aliphatic heterocycles. The Morgan fingerprint density at radius 1 is 1.28 bits per heavy atom. The molecule has 1 saturated heterocycles. The predicted molar refractivity (Wildman–Crippen MR) is 115 cm³/mol. The SMILES string of the molecule is CSC.Cc1cc(N)cc2ncnc(Nc3ccc(F)nc3OC3CCOC3)c12. The van der Waals surface area contributed by atoms with Gasteiger partial charge in [0, 0.05) is 17.5 Å². The Labute approximate surface area is 173 Å². The molecule has 0 saturated carbocycles. The molecule has 0 aliphatic carbocycles. The largest absolute Gasteiger partial charge is 0.470 e. The van der Waals surface area contributed by atoms with E-state index in [0.717, 1.165) is 22.9 Å². The third-order valence-corrected chi connectivity index (χ3v) is 4.20. The van der Waals surface area contributed by atoms with Crippen LogP contribution in [0, 0.1) is 12.9 Å². The zero-order chi connectivity index (χ0) is 20.8. The summed E-state index contributed by atoms with van der Waals surface area (Å²) in [5.41, 5.74) is 8.71. The minimum Gasteiger partial charge on any atom is -0.470 e. The van der Waals surface area contributed by atoms with Crippen LogP contribution in [0.1, 0.15) is 12.0 Å². The van der Waals surface area contributed by atoms with Gasteiger partial charge in [0.1, 0.15) is 23.9 Å². The number of rotatable bonds is 4. The third-order valence-electron chi connectivity index (χ3n) is 4.20. The fraction of sp³-hybridized carbons (Fsp3) is 0.350. The van der Waals surface area contributed by atoms with Crippen molar-refractivity contribution in [2.45, 2.75) is 19.4 Å². The number of nitrogens with zero attached hydrogens (tertiary/aromatic N) is 3. The van der Waals surface area contributed by atoms with Crippen molar-refractivity contribution in [2.75, 3.05) is 36.8 Å². The maximum absolute atomic E-state index is 13.6. The number of anilines is 3. The van der Waals surface area contributed by atoms with Crippen LogP contribution in [0.5, 0.6) is 5.88 Å². The van der Waals surface area contributed by atoms with E-state index in [9.17, 15) is 4.39 Å². The Hall–Kier alpha value is -2.65. The molecule has 3 aromatic rings. The molecule has 7 nitrogen and oxygen atoms in total. The number of aryl methyl sites for hydroxylation is 1. The molecule has 2 aromatic heterocycles. The number of hydrogen-bond acceptors (Lipinski definition) is 8. The van der Waals surface area contributed by atoms with Crippen molar-refractivity contribution < 1.29 is 13.9 Å². The average Bonchev–Trinajstić information content (AvgIpc) is 3.17. The first-order valence-corrected chi connectivity index (χ1v) is 10.7. The van der Waals surface area contributed by atoms with Crippen molar-refractivity contribution >= 4 is 39.9 Å². The molecular formula is C20H24FN5O2S. The van der Waals surface area contributed by atoms with Crippen LogP contribution < -0.4 is 15.8 Å². The van der Waals surface area contributed by atoms with E-state index >= 15 is 0 Å². The summed E-state index contributed by atoms with van der Waals surface area (Å²) >= 11 is 1.75. The number of benzene rings is 1. The van der Waals surface area contributed by atoms with Crippen LogP contribution in [0.25, 0.3) is 10.9 Å². The number of nitrogens with two attached hydrogens (primary N) is 1. The maximum atomic E-state index is 13.6. The van der Waals surface area contributed by atoms with Crippen molar-refractivity contribution in [2.24, 2.45) is 0 Å². The molecule has 1 atom stereocenters. The highest BCUT2D eigenvalue weighted by atomic mass is 32.2. The minimum atomic E-state index is -0.610. The summed E-state index contributed by atoms with van der Waals surface area (Å²) in [6.45, 7) is 3.02. The van der Waals surface area contributed by atoms with Crippen LogP contribution in [-0.4, -0.2) is 46.8 Å². The topological polar surface area (TPSA) is 95.2 Å². The number of halogens is 1. The summed E-state index contributed by atoms with van der Waals surface area (Å²) in [4.78, 5) is 12.5. The molecule has 154 valence electrons. The monoisotopic (exact) mass is 417 g/mol. The first-order chi connectivity index (χ1) is 14.0. The van der Waals surface area contributed by atoms with Crippen LogP contribution in [0.2, 0.25) is 0 Å². The van der Waals surface area contributed by atoms with E-state index in [2.05, 4.69) is 20.3 Å². The molecule has 1 fully saturated rings.